The van der Waals surface area contributed by atoms with Crippen molar-refractivity contribution < 1.29 is 14.1 Å². The number of nitrogens with zero attached hydrogens (tertiary/aromatic N) is 4. The number of hydrogen-bond donors (Lipinski definition) is 0. The second-order valence-corrected chi connectivity index (χ2v) is 9.07. The van der Waals surface area contributed by atoms with Gasteiger partial charge in [-0.25, -0.2) is 4.98 Å². The van der Waals surface area contributed by atoms with E-state index in [-0.39, 0.29) is 11.6 Å². The van der Waals surface area contributed by atoms with Gasteiger partial charge in [0.05, 0.1) is 26.8 Å². The number of carbonyl (C=O) groups is 1. The van der Waals surface area contributed by atoms with Crippen LogP contribution in [0.5, 0.6) is 0 Å². The second-order valence-electron chi connectivity index (χ2n) is 7.23. The SMILES string of the molecule is Cc1csc(/N=C2/S/C(=C/c3ccc(-c4ccccc4[N+](=O)[O-])o3)C(=O)N2c2ccccc2)n1. The number of nitro groups is 1. The number of amidine groups is 1. The highest BCUT2D eigenvalue weighted by molar-refractivity contribution is 8.19. The van der Waals surface area contributed by atoms with Crippen LogP contribution in [0, 0.1) is 17.0 Å². The lowest BCUT2D eigenvalue weighted by Gasteiger charge is -2.14. The number of aryl methyl sites for hydroxylation is 1. The van der Waals surface area contributed by atoms with Crippen LogP contribution in [-0.4, -0.2) is 21.0 Å². The molecule has 0 spiro atoms. The van der Waals surface area contributed by atoms with Gasteiger partial charge in [-0.1, -0.05) is 30.3 Å². The molecule has 0 atom stereocenters. The van der Waals surface area contributed by atoms with Crippen LogP contribution in [0.1, 0.15) is 11.5 Å². The molecule has 1 fully saturated rings. The van der Waals surface area contributed by atoms with E-state index in [0.29, 0.717) is 38.0 Å². The summed E-state index contributed by atoms with van der Waals surface area (Å²) in [4.78, 5) is 35.2. The summed E-state index contributed by atoms with van der Waals surface area (Å²) >= 11 is 2.62. The largest absolute Gasteiger partial charge is 0.456 e. The highest BCUT2D eigenvalue weighted by Crippen LogP contribution is 2.38. The molecule has 34 heavy (non-hydrogen) atoms. The van der Waals surface area contributed by atoms with Crippen LogP contribution in [-0.2, 0) is 4.79 Å². The first-order chi connectivity index (χ1) is 16.5. The van der Waals surface area contributed by atoms with E-state index >= 15 is 0 Å². The predicted molar refractivity (Wildman–Crippen MR) is 134 cm³/mol. The maximum atomic E-state index is 13.3. The third kappa shape index (κ3) is 4.28. The van der Waals surface area contributed by atoms with Gasteiger partial charge >= 0.3 is 0 Å². The molecular formula is C24H16N4O4S2. The molecular weight excluding hydrogens is 472 g/mol. The van der Waals surface area contributed by atoms with Crippen LogP contribution in [0.2, 0.25) is 0 Å². The molecule has 1 aliphatic heterocycles. The molecule has 0 aliphatic carbocycles. The maximum absolute atomic E-state index is 13.3. The van der Waals surface area contributed by atoms with Crippen LogP contribution in [0.15, 0.2) is 86.4 Å². The summed E-state index contributed by atoms with van der Waals surface area (Å²) < 4.78 is 5.85. The van der Waals surface area contributed by atoms with Gasteiger partial charge in [-0.15, -0.1) is 11.3 Å². The van der Waals surface area contributed by atoms with E-state index in [9.17, 15) is 14.9 Å². The Bertz CT molecular complexity index is 1460. The molecule has 0 unspecified atom stereocenters. The first-order valence-corrected chi connectivity index (χ1v) is 11.8. The van der Waals surface area contributed by atoms with Gasteiger partial charge in [-0.2, -0.15) is 4.99 Å². The molecule has 3 heterocycles. The number of para-hydroxylation sites is 2. The number of hydrogen-bond acceptors (Lipinski definition) is 8. The van der Waals surface area contributed by atoms with Gasteiger partial charge in [0, 0.05) is 17.5 Å². The normalized spacial score (nSPS) is 16.0. The number of aliphatic imine (C=N–C) groups is 1. The summed E-state index contributed by atoms with van der Waals surface area (Å²) in [6.45, 7) is 1.89. The van der Waals surface area contributed by atoms with Gasteiger partial charge in [-0.05, 0) is 49.0 Å². The van der Waals surface area contributed by atoms with Crippen molar-refractivity contribution in [3.63, 3.8) is 0 Å². The smallest absolute Gasteiger partial charge is 0.280 e. The van der Waals surface area contributed by atoms with Crippen LogP contribution in [0.4, 0.5) is 16.5 Å². The molecule has 1 saturated heterocycles. The Balaban J connectivity index is 1.51. The molecule has 1 aliphatic rings. The van der Waals surface area contributed by atoms with Crippen LogP contribution >= 0.6 is 23.1 Å². The number of thioether (sulfide) groups is 1. The average Bonchev–Trinajstić information content (AvgIpc) is 3.55. The minimum absolute atomic E-state index is 0.0502. The van der Waals surface area contributed by atoms with E-state index in [1.165, 1.54) is 29.2 Å². The summed E-state index contributed by atoms with van der Waals surface area (Å²) in [5.74, 6) is 0.511. The topological polar surface area (TPSA) is 102 Å². The molecule has 10 heteroatoms. The van der Waals surface area contributed by atoms with Gasteiger partial charge in [0.25, 0.3) is 11.6 Å². The van der Waals surface area contributed by atoms with Crippen molar-refractivity contribution in [2.24, 2.45) is 4.99 Å². The van der Waals surface area contributed by atoms with Crippen molar-refractivity contribution >= 4 is 56.8 Å². The summed E-state index contributed by atoms with van der Waals surface area (Å²) in [6.07, 6.45) is 1.62. The van der Waals surface area contributed by atoms with Gasteiger partial charge in [0.2, 0.25) is 5.13 Å². The number of nitro benzene ring substituents is 1. The van der Waals surface area contributed by atoms with E-state index in [1.807, 2.05) is 42.6 Å². The number of anilines is 1. The Morgan fingerprint density at radius 1 is 1.09 bits per heavy atom. The van der Waals surface area contributed by atoms with Gasteiger partial charge in [0.15, 0.2) is 5.17 Å². The molecule has 2 aromatic carbocycles. The minimum atomic E-state index is -0.451. The van der Waals surface area contributed by atoms with Crippen LogP contribution in [0.25, 0.3) is 17.4 Å². The molecule has 168 valence electrons. The van der Waals surface area contributed by atoms with Gasteiger partial charge < -0.3 is 4.42 Å². The Labute approximate surface area is 202 Å². The quantitative estimate of drug-likeness (QED) is 0.182. The zero-order valence-electron chi connectivity index (χ0n) is 17.7. The van der Waals surface area contributed by atoms with E-state index in [4.69, 9.17) is 4.42 Å². The highest BCUT2D eigenvalue weighted by Gasteiger charge is 2.35. The van der Waals surface area contributed by atoms with Crippen molar-refractivity contribution in [2.45, 2.75) is 6.92 Å². The predicted octanol–water partition coefficient (Wildman–Crippen LogP) is 6.43. The summed E-state index contributed by atoms with van der Waals surface area (Å²) in [5.41, 5.74) is 1.87. The number of furan rings is 1. The van der Waals surface area contributed by atoms with E-state index in [1.54, 1.807) is 41.3 Å². The molecule has 4 aromatic rings. The molecule has 0 N–H and O–H groups in total. The van der Waals surface area contributed by atoms with E-state index in [2.05, 4.69) is 9.98 Å². The van der Waals surface area contributed by atoms with Crippen molar-refractivity contribution in [1.29, 1.82) is 0 Å². The van der Waals surface area contributed by atoms with Crippen molar-refractivity contribution in [3.8, 4) is 11.3 Å². The van der Waals surface area contributed by atoms with Gasteiger partial charge in [0.1, 0.15) is 11.5 Å². The average molecular weight is 489 g/mol. The van der Waals surface area contributed by atoms with Crippen molar-refractivity contribution in [1.82, 2.24) is 4.98 Å². The fourth-order valence-electron chi connectivity index (χ4n) is 3.37. The molecule has 0 saturated carbocycles. The lowest BCUT2D eigenvalue weighted by molar-refractivity contribution is -0.384. The van der Waals surface area contributed by atoms with Gasteiger partial charge in [-0.3, -0.25) is 19.8 Å². The number of rotatable bonds is 5. The fourth-order valence-corrected chi connectivity index (χ4v) is 5.06. The third-order valence-electron chi connectivity index (χ3n) is 4.89. The Kier molecular flexibility index (Phi) is 5.83. The Morgan fingerprint density at radius 2 is 1.85 bits per heavy atom. The highest BCUT2D eigenvalue weighted by atomic mass is 32.2. The van der Waals surface area contributed by atoms with Crippen LogP contribution in [0.3, 0.4) is 0 Å². The van der Waals surface area contributed by atoms with Crippen molar-refractivity contribution in [2.75, 3.05) is 4.90 Å². The zero-order chi connectivity index (χ0) is 23.7. The minimum Gasteiger partial charge on any atom is -0.456 e. The zero-order valence-corrected chi connectivity index (χ0v) is 19.4. The summed E-state index contributed by atoms with van der Waals surface area (Å²) in [7, 11) is 0. The molecule has 0 bridgehead atoms. The second kappa shape index (κ2) is 9.08. The Hall–Kier alpha value is -4.02. The number of benzene rings is 2. The first-order valence-electron chi connectivity index (χ1n) is 10.1. The molecule has 2 aromatic heterocycles. The molecule has 1 amide bonds. The maximum Gasteiger partial charge on any atom is 0.280 e. The van der Waals surface area contributed by atoms with Crippen LogP contribution < -0.4 is 4.90 Å². The lowest BCUT2D eigenvalue weighted by Crippen LogP contribution is -2.28. The molecule has 5 rings (SSSR count). The van der Waals surface area contributed by atoms with E-state index < -0.39 is 4.92 Å². The standard InChI is InChI=1S/C24H16N4O4S2/c1-15-14-33-23(25-15)26-24-27(16-7-3-2-4-8-16)22(29)21(34-24)13-17-11-12-20(32-17)18-9-5-6-10-19(18)28(30)31/h2-14H,1H3/b21-13+,26-24+. The third-order valence-corrected chi connectivity index (χ3v) is 6.71. The lowest BCUT2D eigenvalue weighted by atomic mass is 10.1. The fraction of sp³-hybridized carbons (Fsp3) is 0.0417. The first kappa shape index (κ1) is 21.8. The monoisotopic (exact) mass is 488 g/mol. The number of amides is 1. The number of thiazole rings is 1. The number of aromatic nitrogens is 1. The summed E-state index contributed by atoms with van der Waals surface area (Å²) in [6, 6.07) is 19.0. The van der Waals surface area contributed by atoms with Crippen molar-refractivity contribution in [3.05, 3.63) is 98.6 Å². The summed E-state index contributed by atoms with van der Waals surface area (Å²) in [5, 5.41) is 14.3. The molecule has 8 nitrogen and oxygen atoms in total. The van der Waals surface area contributed by atoms with E-state index in [0.717, 1.165) is 5.69 Å². The Morgan fingerprint density at radius 3 is 2.59 bits per heavy atom. The number of carbonyl (C=O) groups excluding carboxylic acids is 1. The molecule has 0 radical (unpaired) electrons.